The first kappa shape index (κ1) is 9.45. The molecule has 0 bridgehead atoms. The monoisotopic (exact) mass is 292 g/mol. The Hall–Kier alpha value is -1.10. The van der Waals surface area contributed by atoms with Gasteiger partial charge in [0.15, 0.2) is 0 Å². The topological polar surface area (TPSA) is 42.9 Å². The average molecular weight is 291 g/mol. The Balaban J connectivity index is 2.35. The van der Waals surface area contributed by atoms with Gasteiger partial charge < -0.3 is 0 Å². The molecule has 0 saturated heterocycles. The van der Waals surface area contributed by atoms with Gasteiger partial charge in [-0.1, -0.05) is 0 Å². The first-order valence-corrected chi connectivity index (χ1v) is 8.26. The molecule has 2 aromatic heterocycles. The van der Waals surface area contributed by atoms with Crippen molar-refractivity contribution in [2.75, 3.05) is 0 Å². The molecule has 3 nitrogen and oxygen atoms in total. The van der Waals surface area contributed by atoms with Gasteiger partial charge in [0.2, 0.25) is 0 Å². The molecular formula is C10H8N2OSn. The second-order valence-electron chi connectivity index (χ2n) is 2.76. The second kappa shape index (κ2) is 4.41. The van der Waals surface area contributed by atoms with Crippen molar-refractivity contribution in [1.29, 1.82) is 0 Å². The van der Waals surface area contributed by atoms with E-state index < -0.39 is 19.7 Å². The van der Waals surface area contributed by atoms with Gasteiger partial charge in [-0.05, 0) is 0 Å². The molecule has 0 aliphatic carbocycles. The van der Waals surface area contributed by atoms with Gasteiger partial charge in [-0.15, -0.1) is 0 Å². The summed E-state index contributed by atoms with van der Waals surface area (Å²) in [5, 5.41) is 0. The molecule has 0 atom stereocenters. The summed E-state index contributed by atoms with van der Waals surface area (Å²) in [6, 6.07) is 10.9. The van der Waals surface area contributed by atoms with E-state index in [9.17, 15) is 3.08 Å². The predicted molar refractivity (Wildman–Crippen MR) is 54.2 cm³/mol. The van der Waals surface area contributed by atoms with E-state index in [1.807, 2.05) is 24.3 Å². The molecule has 2 heterocycles. The van der Waals surface area contributed by atoms with Crippen molar-refractivity contribution in [2.45, 2.75) is 0 Å². The van der Waals surface area contributed by atoms with Crippen LogP contribution in [0.15, 0.2) is 48.8 Å². The van der Waals surface area contributed by atoms with Crippen LogP contribution in [-0.4, -0.2) is 29.7 Å². The maximum absolute atomic E-state index is 12.0. The number of hydrogen-bond donors (Lipinski definition) is 0. The van der Waals surface area contributed by atoms with E-state index >= 15 is 0 Å². The van der Waals surface area contributed by atoms with Crippen molar-refractivity contribution in [3.8, 4) is 0 Å². The second-order valence-corrected chi connectivity index (χ2v) is 7.56. The summed E-state index contributed by atoms with van der Waals surface area (Å²) in [6.45, 7) is 0. The third kappa shape index (κ3) is 2.04. The van der Waals surface area contributed by atoms with Crippen molar-refractivity contribution in [1.82, 2.24) is 9.97 Å². The summed E-state index contributed by atoms with van der Waals surface area (Å²) in [4.78, 5) is 8.18. The van der Waals surface area contributed by atoms with Crippen LogP contribution in [-0.2, 0) is 3.08 Å². The SMILES string of the molecule is [O]=[Sn]([c]1ccccn1)[c]1ccccn1. The molecule has 0 aromatic carbocycles. The van der Waals surface area contributed by atoms with Crippen LogP contribution in [0.4, 0.5) is 0 Å². The minimum absolute atomic E-state index is 0.702. The van der Waals surface area contributed by atoms with E-state index in [0.717, 1.165) is 0 Å². The minimum atomic E-state index is -2.97. The van der Waals surface area contributed by atoms with Crippen molar-refractivity contribution in [3.63, 3.8) is 0 Å². The number of pyridine rings is 2. The third-order valence-corrected chi connectivity index (χ3v) is 6.14. The molecule has 0 aliphatic heterocycles. The van der Waals surface area contributed by atoms with Crippen LogP contribution in [0.25, 0.3) is 0 Å². The first-order chi connectivity index (χ1) is 6.88. The van der Waals surface area contributed by atoms with Crippen molar-refractivity contribution < 1.29 is 3.08 Å². The van der Waals surface area contributed by atoms with Gasteiger partial charge in [0, 0.05) is 0 Å². The van der Waals surface area contributed by atoms with Crippen LogP contribution in [0.1, 0.15) is 0 Å². The van der Waals surface area contributed by atoms with Crippen molar-refractivity contribution in [2.24, 2.45) is 0 Å². The number of nitrogens with zero attached hydrogens (tertiary/aromatic N) is 2. The fraction of sp³-hybridized carbons (Fsp3) is 0. The van der Waals surface area contributed by atoms with Crippen LogP contribution in [0.5, 0.6) is 0 Å². The van der Waals surface area contributed by atoms with Crippen LogP contribution < -0.4 is 7.42 Å². The molecule has 0 spiro atoms. The Kier molecular flexibility index (Phi) is 2.98. The molecule has 0 aliphatic rings. The summed E-state index contributed by atoms with van der Waals surface area (Å²) < 4.78 is 13.4. The van der Waals surface area contributed by atoms with E-state index in [2.05, 4.69) is 9.97 Å². The van der Waals surface area contributed by atoms with E-state index in [-0.39, 0.29) is 0 Å². The van der Waals surface area contributed by atoms with Gasteiger partial charge in [-0.25, -0.2) is 0 Å². The first-order valence-electron chi connectivity index (χ1n) is 4.25. The Morgan fingerprint density at radius 1 is 0.857 bits per heavy atom. The molecule has 0 saturated carbocycles. The molecule has 0 unspecified atom stereocenters. The number of aromatic nitrogens is 2. The third-order valence-electron chi connectivity index (χ3n) is 1.80. The Labute approximate surface area is 89.0 Å². The van der Waals surface area contributed by atoms with Gasteiger partial charge in [-0.3, -0.25) is 0 Å². The molecule has 0 N–H and O–H groups in total. The van der Waals surface area contributed by atoms with Crippen LogP contribution >= 0.6 is 0 Å². The predicted octanol–water partition coefficient (Wildman–Crippen LogP) is 0.0128. The Morgan fingerprint density at radius 2 is 1.36 bits per heavy atom. The van der Waals surface area contributed by atoms with Gasteiger partial charge in [0.1, 0.15) is 0 Å². The summed E-state index contributed by atoms with van der Waals surface area (Å²) in [5.74, 6) is 0. The molecule has 0 radical (unpaired) electrons. The van der Waals surface area contributed by atoms with Crippen molar-refractivity contribution in [3.05, 3.63) is 48.8 Å². The molecule has 4 heteroatoms. The van der Waals surface area contributed by atoms with E-state index in [4.69, 9.17) is 0 Å². The summed E-state index contributed by atoms with van der Waals surface area (Å²) in [7, 11) is 0. The zero-order valence-corrected chi connectivity index (χ0v) is 10.3. The zero-order valence-electron chi connectivity index (χ0n) is 7.42. The zero-order chi connectivity index (χ0) is 9.80. The standard InChI is InChI=1S/2C5H4N.O.Sn/c2*1-2-4-6-5-3-1;;/h2*1-4H;;. The van der Waals surface area contributed by atoms with Gasteiger partial charge in [-0.2, -0.15) is 0 Å². The summed E-state index contributed by atoms with van der Waals surface area (Å²) in [6.07, 6.45) is 3.33. The summed E-state index contributed by atoms with van der Waals surface area (Å²) >= 11 is -2.97. The Morgan fingerprint density at radius 3 is 1.71 bits per heavy atom. The molecule has 68 valence electrons. The number of rotatable bonds is 2. The van der Waals surface area contributed by atoms with Gasteiger partial charge in [0.05, 0.1) is 0 Å². The fourth-order valence-electron chi connectivity index (χ4n) is 1.13. The van der Waals surface area contributed by atoms with Crippen LogP contribution in [0, 0.1) is 0 Å². The van der Waals surface area contributed by atoms with Gasteiger partial charge in [0.25, 0.3) is 0 Å². The molecular weight excluding hydrogens is 283 g/mol. The van der Waals surface area contributed by atoms with Gasteiger partial charge >= 0.3 is 89.0 Å². The summed E-state index contributed by atoms with van der Waals surface area (Å²) in [5.41, 5.74) is 0. The molecule has 2 rings (SSSR count). The fourth-order valence-corrected chi connectivity index (χ4v) is 4.38. The average Bonchev–Trinajstić information content (AvgIpc) is 2.30. The normalized spacial score (nSPS) is 9.71. The molecule has 0 amide bonds. The molecule has 2 aromatic rings. The number of hydrogen-bond acceptors (Lipinski definition) is 3. The van der Waals surface area contributed by atoms with E-state index in [1.165, 1.54) is 0 Å². The van der Waals surface area contributed by atoms with E-state index in [0.29, 0.717) is 7.42 Å². The van der Waals surface area contributed by atoms with Crippen LogP contribution in [0.2, 0.25) is 0 Å². The maximum atomic E-state index is 12.0. The molecule has 14 heavy (non-hydrogen) atoms. The quantitative estimate of drug-likeness (QED) is 0.732. The Bertz CT molecular complexity index is 389. The van der Waals surface area contributed by atoms with Crippen molar-refractivity contribution >= 4 is 27.2 Å². The molecule has 0 fully saturated rings. The van der Waals surface area contributed by atoms with E-state index in [1.54, 1.807) is 24.5 Å². The van der Waals surface area contributed by atoms with Crippen LogP contribution in [0.3, 0.4) is 0 Å².